The molecule has 1 fully saturated rings. The molecule has 1 N–H and O–H groups in total. The number of benzene rings is 1. The molecule has 1 aromatic carbocycles. The Morgan fingerprint density at radius 2 is 2.00 bits per heavy atom. The van der Waals surface area contributed by atoms with Crippen molar-refractivity contribution in [2.75, 3.05) is 24.5 Å². The first kappa shape index (κ1) is 15.4. The summed E-state index contributed by atoms with van der Waals surface area (Å²) in [5, 5.41) is 3.73. The second-order valence-electron chi connectivity index (χ2n) is 6.09. The number of aryl methyl sites for hydroxylation is 1. The molecule has 1 unspecified atom stereocenters. The lowest BCUT2D eigenvalue weighted by Crippen LogP contribution is -2.45. The topological polar surface area (TPSA) is 15.3 Å². The van der Waals surface area contributed by atoms with E-state index in [4.69, 9.17) is 0 Å². The average Bonchev–Trinajstić information content (AvgIpc) is 2.97. The summed E-state index contributed by atoms with van der Waals surface area (Å²) in [6, 6.07) is 9.54. The minimum absolute atomic E-state index is 0.642. The molecule has 0 amide bonds. The van der Waals surface area contributed by atoms with Crippen LogP contribution in [0.5, 0.6) is 0 Å². The number of hydrogen-bond donors (Lipinski definition) is 1. The first-order valence-electron chi connectivity index (χ1n) is 8.29. The Labute approximate surface area is 124 Å². The summed E-state index contributed by atoms with van der Waals surface area (Å²) in [5.74, 6) is 0.869. The van der Waals surface area contributed by atoms with E-state index in [0.717, 1.165) is 25.6 Å². The average molecular weight is 274 g/mol. The van der Waals surface area contributed by atoms with E-state index in [2.05, 4.69) is 55.3 Å². The van der Waals surface area contributed by atoms with Gasteiger partial charge in [0.05, 0.1) is 0 Å². The van der Waals surface area contributed by atoms with Crippen molar-refractivity contribution in [2.45, 2.75) is 52.5 Å². The maximum Gasteiger partial charge on any atom is 0.0369 e. The van der Waals surface area contributed by atoms with Crippen molar-refractivity contribution in [1.29, 1.82) is 0 Å². The number of rotatable bonds is 7. The van der Waals surface area contributed by atoms with E-state index in [0.29, 0.717) is 6.04 Å². The summed E-state index contributed by atoms with van der Waals surface area (Å²) in [4.78, 5) is 2.53. The standard InChI is InChI=1S/C18H30N2/c1-4-19-18(16-10-6-7-11-16)14-20(5-2)17-12-8-9-15(3)13-17/h8-9,12-13,16,18-19H,4-7,10-11,14H2,1-3H3. The fourth-order valence-electron chi connectivity index (χ4n) is 3.48. The minimum Gasteiger partial charge on any atom is -0.370 e. The van der Waals surface area contributed by atoms with Gasteiger partial charge < -0.3 is 10.2 Å². The smallest absolute Gasteiger partial charge is 0.0369 e. The second kappa shape index (κ2) is 7.68. The SMILES string of the molecule is CCNC(CN(CC)c1cccc(C)c1)C1CCCC1. The third-order valence-electron chi connectivity index (χ3n) is 4.60. The Balaban J connectivity index is 2.05. The fraction of sp³-hybridized carbons (Fsp3) is 0.667. The Kier molecular flexibility index (Phi) is 5.90. The van der Waals surface area contributed by atoms with Crippen molar-refractivity contribution >= 4 is 5.69 Å². The molecule has 0 radical (unpaired) electrons. The molecular formula is C18H30N2. The highest BCUT2D eigenvalue weighted by atomic mass is 15.2. The number of anilines is 1. The Bertz CT molecular complexity index is 396. The van der Waals surface area contributed by atoms with E-state index in [-0.39, 0.29) is 0 Å². The van der Waals surface area contributed by atoms with E-state index in [1.807, 2.05) is 0 Å². The highest BCUT2D eigenvalue weighted by Crippen LogP contribution is 2.29. The van der Waals surface area contributed by atoms with Crippen molar-refractivity contribution in [3.63, 3.8) is 0 Å². The van der Waals surface area contributed by atoms with Gasteiger partial charge in [-0.2, -0.15) is 0 Å². The normalized spacial score (nSPS) is 17.4. The zero-order valence-electron chi connectivity index (χ0n) is 13.4. The van der Waals surface area contributed by atoms with E-state index < -0.39 is 0 Å². The van der Waals surface area contributed by atoms with E-state index in [1.54, 1.807) is 0 Å². The molecule has 2 rings (SSSR count). The summed E-state index contributed by atoms with van der Waals surface area (Å²) in [5.41, 5.74) is 2.72. The van der Waals surface area contributed by atoms with Crippen LogP contribution in [0.15, 0.2) is 24.3 Å². The van der Waals surface area contributed by atoms with Gasteiger partial charge in [0.1, 0.15) is 0 Å². The van der Waals surface area contributed by atoms with Crippen LogP contribution in [-0.2, 0) is 0 Å². The van der Waals surface area contributed by atoms with Gasteiger partial charge in [0.2, 0.25) is 0 Å². The third-order valence-corrected chi connectivity index (χ3v) is 4.60. The first-order chi connectivity index (χ1) is 9.74. The number of nitrogens with one attached hydrogen (secondary N) is 1. The molecule has 1 atom stereocenters. The monoisotopic (exact) mass is 274 g/mol. The summed E-state index contributed by atoms with van der Waals surface area (Å²) >= 11 is 0. The largest absolute Gasteiger partial charge is 0.370 e. The Morgan fingerprint density at radius 1 is 1.25 bits per heavy atom. The van der Waals surface area contributed by atoms with E-state index >= 15 is 0 Å². The molecule has 0 heterocycles. The highest BCUT2D eigenvalue weighted by molar-refractivity contribution is 5.48. The minimum atomic E-state index is 0.642. The van der Waals surface area contributed by atoms with Gasteiger partial charge in [-0.1, -0.05) is 31.9 Å². The summed E-state index contributed by atoms with van der Waals surface area (Å²) in [7, 11) is 0. The molecule has 1 saturated carbocycles. The summed E-state index contributed by atoms with van der Waals surface area (Å²) in [6.45, 7) is 9.96. The van der Waals surface area contributed by atoms with Crippen molar-refractivity contribution in [3.05, 3.63) is 29.8 Å². The molecular weight excluding hydrogens is 244 g/mol. The predicted octanol–water partition coefficient (Wildman–Crippen LogP) is 3.99. The maximum atomic E-state index is 3.73. The van der Waals surface area contributed by atoms with Crippen LogP contribution in [0.3, 0.4) is 0 Å². The van der Waals surface area contributed by atoms with Gasteiger partial charge in [-0.15, -0.1) is 0 Å². The van der Waals surface area contributed by atoms with Crippen LogP contribution in [0.4, 0.5) is 5.69 Å². The van der Waals surface area contributed by atoms with Gasteiger partial charge in [-0.25, -0.2) is 0 Å². The lowest BCUT2D eigenvalue weighted by molar-refractivity contribution is 0.364. The Hall–Kier alpha value is -1.02. The molecule has 0 spiro atoms. The molecule has 2 heteroatoms. The predicted molar refractivity (Wildman–Crippen MR) is 88.5 cm³/mol. The highest BCUT2D eigenvalue weighted by Gasteiger charge is 2.25. The zero-order valence-corrected chi connectivity index (χ0v) is 13.4. The van der Waals surface area contributed by atoms with Crippen LogP contribution >= 0.6 is 0 Å². The van der Waals surface area contributed by atoms with Gasteiger partial charge in [-0.3, -0.25) is 0 Å². The van der Waals surface area contributed by atoms with Gasteiger partial charge in [0.25, 0.3) is 0 Å². The van der Waals surface area contributed by atoms with E-state index in [1.165, 1.54) is 36.9 Å². The second-order valence-corrected chi connectivity index (χ2v) is 6.09. The van der Waals surface area contributed by atoms with Gasteiger partial charge in [0, 0.05) is 24.8 Å². The molecule has 1 aliphatic carbocycles. The zero-order chi connectivity index (χ0) is 14.4. The van der Waals surface area contributed by atoms with E-state index in [9.17, 15) is 0 Å². The maximum absolute atomic E-state index is 3.73. The molecule has 0 bridgehead atoms. The van der Waals surface area contributed by atoms with Crippen LogP contribution in [-0.4, -0.2) is 25.7 Å². The molecule has 0 saturated heterocycles. The van der Waals surface area contributed by atoms with Gasteiger partial charge in [0.15, 0.2) is 0 Å². The summed E-state index contributed by atoms with van der Waals surface area (Å²) < 4.78 is 0. The number of nitrogens with zero attached hydrogens (tertiary/aromatic N) is 1. The van der Waals surface area contributed by atoms with Crippen molar-refractivity contribution < 1.29 is 0 Å². The van der Waals surface area contributed by atoms with Crippen LogP contribution in [0.25, 0.3) is 0 Å². The molecule has 0 aromatic heterocycles. The van der Waals surface area contributed by atoms with Crippen LogP contribution in [0.1, 0.15) is 45.1 Å². The molecule has 2 nitrogen and oxygen atoms in total. The first-order valence-corrected chi connectivity index (χ1v) is 8.29. The third kappa shape index (κ3) is 3.99. The van der Waals surface area contributed by atoms with Crippen molar-refractivity contribution in [1.82, 2.24) is 5.32 Å². The molecule has 1 aromatic rings. The van der Waals surface area contributed by atoms with Crippen molar-refractivity contribution in [2.24, 2.45) is 5.92 Å². The summed E-state index contributed by atoms with van der Waals surface area (Å²) in [6.07, 6.45) is 5.65. The molecule has 0 aliphatic heterocycles. The molecule has 1 aliphatic rings. The molecule has 112 valence electrons. The lowest BCUT2D eigenvalue weighted by Gasteiger charge is -2.32. The van der Waals surface area contributed by atoms with Crippen molar-refractivity contribution in [3.8, 4) is 0 Å². The fourth-order valence-corrected chi connectivity index (χ4v) is 3.48. The van der Waals surface area contributed by atoms with Gasteiger partial charge >= 0.3 is 0 Å². The number of hydrogen-bond acceptors (Lipinski definition) is 2. The quantitative estimate of drug-likeness (QED) is 0.809. The number of likely N-dealkylation sites (N-methyl/N-ethyl adjacent to an activating group) is 2. The van der Waals surface area contributed by atoms with Crippen LogP contribution in [0, 0.1) is 12.8 Å². The lowest BCUT2D eigenvalue weighted by atomic mass is 9.97. The van der Waals surface area contributed by atoms with Crippen LogP contribution < -0.4 is 10.2 Å². The van der Waals surface area contributed by atoms with Crippen LogP contribution in [0.2, 0.25) is 0 Å². The van der Waals surface area contributed by atoms with Gasteiger partial charge in [-0.05, 0) is 56.8 Å². The molecule has 20 heavy (non-hydrogen) atoms. The Morgan fingerprint density at radius 3 is 2.60 bits per heavy atom.